The van der Waals surface area contributed by atoms with Crippen LogP contribution in [0.25, 0.3) is 0 Å². The zero-order chi connectivity index (χ0) is 17.5. The monoisotopic (exact) mass is 329 g/mol. The van der Waals surface area contributed by atoms with Crippen molar-refractivity contribution in [3.05, 3.63) is 59.7 Å². The number of hydrogen-bond donors (Lipinski definition) is 2. The van der Waals surface area contributed by atoms with E-state index < -0.39 is 12.0 Å². The number of nitrogens with one attached hydrogen (secondary N) is 1. The summed E-state index contributed by atoms with van der Waals surface area (Å²) >= 11 is 0. The number of carbonyl (C=O) groups excluding carboxylic acids is 2. The van der Waals surface area contributed by atoms with E-state index in [1.807, 2.05) is 0 Å². The number of hydrogen-bond acceptors (Lipinski definition) is 5. The largest absolute Gasteiger partial charge is 0.504 e. The molecule has 0 saturated heterocycles. The highest BCUT2D eigenvalue weighted by atomic mass is 16.5. The average Bonchev–Trinajstić information content (AvgIpc) is 2.62. The number of methoxy groups -OCH3 is 2. The van der Waals surface area contributed by atoms with Crippen LogP contribution >= 0.6 is 0 Å². The molecule has 0 saturated carbocycles. The number of phenolic OH excluding ortho intramolecular Hbond substituents is 1. The fraction of sp³-hybridized carbons (Fsp3) is 0.222. The van der Waals surface area contributed by atoms with Gasteiger partial charge in [-0.25, -0.2) is 4.79 Å². The SMILES string of the molecule is COC(=O)C(Cc1ccc(O)c(OC)c1)NC(=O)c1ccccc1. The lowest BCUT2D eigenvalue weighted by Crippen LogP contribution is -2.43. The summed E-state index contributed by atoms with van der Waals surface area (Å²) in [4.78, 5) is 24.2. The molecule has 0 aromatic heterocycles. The molecule has 1 unspecified atom stereocenters. The van der Waals surface area contributed by atoms with E-state index in [0.717, 1.165) is 0 Å². The summed E-state index contributed by atoms with van der Waals surface area (Å²) in [6, 6.07) is 12.5. The highest BCUT2D eigenvalue weighted by Gasteiger charge is 2.23. The van der Waals surface area contributed by atoms with Gasteiger partial charge in [0.05, 0.1) is 14.2 Å². The molecule has 0 heterocycles. The number of esters is 1. The van der Waals surface area contributed by atoms with Crippen molar-refractivity contribution >= 4 is 11.9 Å². The van der Waals surface area contributed by atoms with Crippen LogP contribution < -0.4 is 10.1 Å². The molecule has 0 bridgehead atoms. The minimum absolute atomic E-state index is 0.00388. The Morgan fingerprint density at radius 2 is 1.83 bits per heavy atom. The van der Waals surface area contributed by atoms with Gasteiger partial charge in [-0.2, -0.15) is 0 Å². The maximum Gasteiger partial charge on any atom is 0.328 e. The van der Waals surface area contributed by atoms with E-state index in [-0.39, 0.29) is 18.1 Å². The first-order valence-corrected chi connectivity index (χ1v) is 7.34. The van der Waals surface area contributed by atoms with E-state index in [1.54, 1.807) is 42.5 Å². The molecule has 1 atom stereocenters. The van der Waals surface area contributed by atoms with Gasteiger partial charge < -0.3 is 19.9 Å². The second-order valence-electron chi connectivity index (χ2n) is 5.13. The highest BCUT2D eigenvalue weighted by molar-refractivity contribution is 5.96. The van der Waals surface area contributed by atoms with Gasteiger partial charge in [-0.3, -0.25) is 4.79 Å². The first-order valence-electron chi connectivity index (χ1n) is 7.34. The number of aromatic hydroxyl groups is 1. The predicted octanol–water partition coefficient (Wildman–Crippen LogP) is 1.91. The van der Waals surface area contributed by atoms with Crippen molar-refractivity contribution in [1.29, 1.82) is 0 Å². The lowest BCUT2D eigenvalue weighted by Gasteiger charge is -2.17. The molecule has 0 fully saturated rings. The van der Waals surface area contributed by atoms with E-state index >= 15 is 0 Å². The topological polar surface area (TPSA) is 84.9 Å². The molecular formula is C18H19NO5. The van der Waals surface area contributed by atoms with E-state index in [0.29, 0.717) is 16.9 Å². The van der Waals surface area contributed by atoms with Crippen LogP contribution in [0.2, 0.25) is 0 Å². The molecular weight excluding hydrogens is 310 g/mol. The second kappa shape index (κ2) is 8.01. The first kappa shape index (κ1) is 17.3. The Morgan fingerprint density at radius 1 is 1.12 bits per heavy atom. The lowest BCUT2D eigenvalue weighted by atomic mass is 10.0. The minimum atomic E-state index is -0.850. The quantitative estimate of drug-likeness (QED) is 0.791. The number of phenols is 1. The summed E-state index contributed by atoms with van der Waals surface area (Å²) in [7, 11) is 2.70. The molecule has 126 valence electrons. The Labute approximate surface area is 140 Å². The molecule has 0 spiro atoms. The lowest BCUT2D eigenvalue weighted by molar-refractivity contribution is -0.142. The summed E-state index contributed by atoms with van der Waals surface area (Å²) in [6.45, 7) is 0. The summed E-state index contributed by atoms with van der Waals surface area (Å²) in [6.07, 6.45) is 0.210. The molecule has 0 aliphatic carbocycles. The smallest absolute Gasteiger partial charge is 0.328 e. The highest BCUT2D eigenvalue weighted by Crippen LogP contribution is 2.26. The third-order valence-electron chi connectivity index (χ3n) is 3.51. The molecule has 2 N–H and O–H groups in total. The van der Waals surface area contributed by atoms with Crippen LogP contribution in [0.5, 0.6) is 11.5 Å². The van der Waals surface area contributed by atoms with Gasteiger partial charge in [0.15, 0.2) is 11.5 Å². The van der Waals surface area contributed by atoms with Crippen LogP contribution in [0.1, 0.15) is 15.9 Å². The van der Waals surface area contributed by atoms with Crippen LogP contribution in [0.15, 0.2) is 48.5 Å². The number of amides is 1. The Morgan fingerprint density at radius 3 is 2.46 bits per heavy atom. The van der Waals surface area contributed by atoms with E-state index in [9.17, 15) is 14.7 Å². The van der Waals surface area contributed by atoms with Gasteiger partial charge in [-0.05, 0) is 29.8 Å². The molecule has 2 rings (SSSR count). The molecule has 24 heavy (non-hydrogen) atoms. The van der Waals surface area contributed by atoms with Crippen LogP contribution in [-0.4, -0.2) is 37.2 Å². The summed E-state index contributed by atoms with van der Waals surface area (Å²) < 4.78 is 9.82. The van der Waals surface area contributed by atoms with Gasteiger partial charge in [0, 0.05) is 12.0 Å². The zero-order valence-corrected chi connectivity index (χ0v) is 13.5. The van der Waals surface area contributed by atoms with Crippen LogP contribution in [0, 0.1) is 0 Å². The van der Waals surface area contributed by atoms with Gasteiger partial charge >= 0.3 is 5.97 Å². The van der Waals surface area contributed by atoms with Crippen molar-refractivity contribution in [2.45, 2.75) is 12.5 Å². The second-order valence-corrected chi connectivity index (χ2v) is 5.13. The van der Waals surface area contributed by atoms with Gasteiger partial charge in [-0.1, -0.05) is 24.3 Å². The fourth-order valence-electron chi connectivity index (χ4n) is 2.25. The Balaban J connectivity index is 2.17. The Kier molecular flexibility index (Phi) is 5.78. The number of benzene rings is 2. The van der Waals surface area contributed by atoms with Gasteiger partial charge in [0.25, 0.3) is 5.91 Å². The normalized spacial score (nSPS) is 11.4. The third-order valence-corrected chi connectivity index (χ3v) is 3.51. The molecule has 2 aromatic rings. The molecule has 0 aliphatic rings. The number of ether oxygens (including phenoxy) is 2. The first-order chi connectivity index (χ1) is 11.5. The zero-order valence-electron chi connectivity index (χ0n) is 13.5. The standard InChI is InChI=1S/C18H19NO5/c1-23-16-11-12(8-9-15(16)20)10-14(18(22)24-2)19-17(21)13-6-4-3-5-7-13/h3-9,11,14,20H,10H2,1-2H3,(H,19,21). The van der Waals surface area contributed by atoms with Crippen molar-refractivity contribution in [3.8, 4) is 11.5 Å². The summed E-state index contributed by atoms with van der Waals surface area (Å²) in [5.41, 5.74) is 1.17. The van der Waals surface area contributed by atoms with Crippen molar-refractivity contribution in [2.75, 3.05) is 14.2 Å². The molecule has 1 amide bonds. The van der Waals surface area contributed by atoms with E-state index in [4.69, 9.17) is 9.47 Å². The predicted molar refractivity (Wildman–Crippen MR) is 88.1 cm³/mol. The Hall–Kier alpha value is -3.02. The van der Waals surface area contributed by atoms with Gasteiger partial charge in [-0.15, -0.1) is 0 Å². The van der Waals surface area contributed by atoms with E-state index in [2.05, 4.69) is 5.32 Å². The summed E-state index contributed by atoms with van der Waals surface area (Å²) in [5, 5.41) is 12.3. The molecule has 0 radical (unpaired) electrons. The van der Waals surface area contributed by atoms with Crippen LogP contribution in [0.4, 0.5) is 0 Å². The van der Waals surface area contributed by atoms with Gasteiger partial charge in [0.1, 0.15) is 6.04 Å². The minimum Gasteiger partial charge on any atom is -0.504 e. The molecule has 6 heteroatoms. The van der Waals surface area contributed by atoms with Crippen molar-refractivity contribution in [3.63, 3.8) is 0 Å². The number of carbonyl (C=O) groups is 2. The molecule has 6 nitrogen and oxygen atoms in total. The van der Waals surface area contributed by atoms with Crippen molar-refractivity contribution < 1.29 is 24.2 Å². The average molecular weight is 329 g/mol. The fourth-order valence-corrected chi connectivity index (χ4v) is 2.25. The maximum atomic E-state index is 12.3. The van der Waals surface area contributed by atoms with Crippen LogP contribution in [0.3, 0.4) is 0 Å². The summed E-state index contributed by atoms with van der Waals surface area (Å²) in [5.74, 6) is -0.613. The molecule has 2 aromatic carbocycles. The third kappa shape index (κ3) is 4.25. The Bertz CT molecular complexity index is 715. The van der Waals surface area contributed by atoms with Crippen LogP contribution in [-0.2, 0) is 16.0 Å². The van der Waals surface area contributed by atoms with Crippen molar-refractivity contribution in [1.82, 2.24) is 5.32 Å². The van der Waals surface area contributed by atoms with Crippen molar-refractivity contribution in [2.24, 2.45) is 0 Å². The maximum absolute atomic E-state index is 12.3. The van der Waals surface area contributed by atoms with Gasteiger partial charge in [0.2, 0.25) is 0 Å². The van der Waals surface area contributed by atoms with E-state index in [1.165, 1.54) is 20.3 Å². The number of rotatable bonds is 6. The molecule has 0 aliphatic heterocycles.